The van der Waals surface area contributed by atoms with Crippen LogP contribution < -0.4 is 11.1 Å². The number of rotatable bonds is 8. The number of nitrogens with two attached hydrogens (primary N) is 1. The molecular formula is C20H25N7O2. The molecule has 9 heteroatoms. The average molecular weight is 395 g/mol. The molecule has 2 heterocycles. The van der Waals surface area contributed by atoms with Gasteiger partial charge in [-0.2, -0.15) is 0 Å². The van der Waals surface area contributed by atoms with E-state index >= 15 is 0 Å². The number of fused-ring (bicyclic) bond motifs is 1. The number of para-hydroxylation sites is 1. The second-order valence-corrected chi connectivity index (χ2v) is 6.74. The van der Waals surface area contributed by atoms with E-state index in [-0.39, 0.29) is 30.7 Å². The van der Waals surface area contributed by atoms with Gasteiger partial charge in [0.2, 0.25) is 5.91 Å². The van der Waals surface area contributed by atoms with E-state index in [1.807, 2.05) is 30.3 Å². The van der Waals surface area contributed by atoms with Gasteiger partial charge in [0.1, 0.15) is 5.69 Å². The Morgan fingerprint density at radius 3 is 2.90 bits per heavy atom. The Kier molecular flexibility index (Phi) is 6.62. The molecule has 3 rings (SSSR count). The summed E-state index contributed by atoms with van der Waals surface area (Å²) in [5.41, 5.74) is 8.17. The van der Waals surface area contributed by atoms with Crippen LogP contribution in [0.5, 0.6) is 0 Å². The van der Waals surface area contributed by atoms with Gasteiger partial charge in [-0.05, 0) is 25.0 Å². The van der Waals surface area contributed by atoms with Crippen molar-refractivity contribution in [2.75, 3.05) is 20.1 Å². The van der Waals surface area contributed by atoms with E-state index in [2.05, 4.69) is 25.3 Å². The van der Waals surface area contributed by atoms with Gasteiger partial charge in [0.25, 0.3) is 5.91 Å². The number of carbonyl (C=O) groups excluding carboxylic acids is 2. The normalized spacial score (nSPS) is 11.6. The number of imidazole rings is 1. The number of guanidine groups is 1. The van der Waals surface area contributed by atoms with E-state index < -0.39 is 0 Å². The van der Waals surface area contributed by atoms with E-state index in [0.29, 0.717) is 12.2 Å². The fourth-order valence-electron chi connectivity index (χ4n) is 2.90. The largest absolute Gasteiger partial charge is 0.370 e. The van der Waals surface area contributed by atoms with Crippen LogP contribution in [0.2, 0.25) is 0 Å². The predicted molar refractivity (Wildman–Crippen MR) is 111 cm³/mol. The van der Waals surface area contributed by atoms with Crippen molar-refractivity contribution in [3.63, 3.8) is 0 Å². The zero-order chi connectivity index (χ0) is 20.6. The first-order valence-corrected chi connectivity index (χ1v) is 9.43. The highest BCUT2D eigenvalue weighted by Gasteiger charge is 2.15. The Balaban J connectivity index is 1.40. The fourth-order valence-corrected chi connectivity index (χ4v) is 2.90. The molecule has 0 saturated carbocycles. The molecule has 3 aromatic rings. The molecule has 0 saturated heterocycles. The lowest BCUT2D eigenvalue weighted by molar-refractivity contribution is -0.119. The van der Waals surface area contributed by atoms with Crippen LogP contribution in [-0.2, 0) is 11.2 Å². The predicted octanol–water partition coefficient (Wildman–Crippen LogP) is 1.42. The maximum Gasteiger partial charge on any atom is 0.270 e. The van der Waals surface area contributed by atoms with Crippen LogP contribution in [0.1, 0.15) is 29.0 Å². The summed E-state index contributed by atoms with van der Waals surface area (Å²) < 4.78 is 0. The van der Waals surface area contributed by atoms with E-state index in [1.54, 1.807) is 19.6 Å². The molecule has 0 spiro atoms. The average Bonchev–Trinajstić information content (AvgIpc) is 3.38. The van der Waals surface area contributed by atoms with E-state index in [9.17, 15) is 9.59 Å². The van der Waals surface area contributed by atoms with E-state index in [1.165, 1.54) is 4.90 Å². The maximum atomic E-state index is 12.5. The monoisotopic (exact) mass is 395 g/mol. The zero-order valence-electron chi connectivity index (χ0n) is 16.3. The molecule has 0 fully saturated rings. The molecule has 5 N–H and O–H groups in total. The Bertz CT molecular complexity index is 958. The standard InChI is InChI=1S/C20H25N7O2/c1-27(19(29)17-11-14-5-2-3-7-16(14)25-17)10-8-18(28)26-20(21)23-9-4-6-15-12-22-13-24-15/h2-3,5,7,11-13,25H,4,6,8-10H2,1H3,(H,22,24)(H3,21,23,26,28). The molecule has 0 atom stereocenters. The number of benzene rings is 1. The molecule has 0 unspecified atom stereocenters. The molecule has 0 aliphatic carbocycles. The Labute approximate surface area is 168 Å². The third-order valence-corrected chi connectivity index (χ3v) is 4.49. The van der Waals surface area contributed by atoms with Crippen LogP contribution >= 0.6 is 0 Å². The third-order valence-electron chi connectivity index (χ3n) is 4.49. The van der Waals surface area contributed by atoms with Gasteiger partial charge in [-0.15, -0.1) is 0 Å². The Morgan fingerprint density at radius 1 is 1.31 bits per heavy atom. The van der Waals surface area contributed by atoms with Crippen molar-refractivity contribution < 1.29 is 9.59 Å². The van der Waals surface area contributed by atoms with Crippen molar-refractivity contribution in [1.29, 1.82) is 0 Å². The van der Waals surface area contributed by atoms with Gasteiger partial charge in [0.05, 0.1) is 6.33 Å². The lowest BCUT2D eigenvalue weighted by atomic mass is 10.2. The molecule has 29 heavy (non-hydrogen) atoms. The van der Waals surface area contributed by atoms with Gasteiger partial charge in [-0.1, -0.05) is 18.2 Å². The van der Waals surface area contributed by atoms with Gasteiger partial charge in [-0.3, -0.25) is 19.9 Å². The van der Waals surface area contributed by atoms with Crippen LogP contribution in [0.4, 0.5) is 0 Å². The van der Waals surface area contributed by atoms with Gasteiger partial charge in [0, 0.05) is 49.4 Å². The summed E-state index contributed by atoms with van der Waals surface area (Å²) in [6.45, 7) is 0.775. The lowest BCUT2D eigenvalue weighted by Gasteiger charge is -2.16. The number of H-pyrrole nitrogens is 2. The second kappa shape index (κ2) is 9.54. The van der Waals surface area contributed by atoms with Crippen LogP contribution in [0.15, 0.2) is 47.8 Å². The third kappa shape index (κ3) is 5.68. The minimum absolute atomic E-state index is 0.0872. The number of nitrogens with one attached hydrogen (secondary N) is 3. The minimum atomic E-state index is -0.281. The van der Waals surface area contributed by atoms with Crippen molar-refractivity contribution in [3.05, 3.63) is 54.2 Å². The Morgan fingerprint density at radius 2 is 2.14 bits per heavy atom. The summed E-state index contributed by atoms with van der Waals surface area (Å²) in [5.74, 6) is -0.366. The van der Waals surface area contributed by atoms with E-state index in [4.69, 9.17) is 5.73 Å². The summed E-state index contributed by atoms with van der Waals surface area (Å²) in [7, 11) is 1.66. The fraction of sp³-hybridized carbons (Fsp3) is 0.300. The highest BCUT2D eigenvalue weighted by Crippen LogP contribution is 2.15. The number of carbonyl (C=O) groups is 2. The molecule has 0 bridgehead atoms. The number of hydrogen-bond donors (Lipinski definition) is 4. The number of aliphatic imine (C=N–C) groups is 1. The van der Waals surface area contributed by atoms with Gasteiger partial charge in [0.15, 0.2) is 5.96 Å². The smallest absolute Gasteiger partial charge is 0.270 e. The first-order valence-electron chi connectivity index (χ1n) is 9.43. The number of amides is 2. The van der Waals surface area contributed by atoms with Crippen LogP contribution in [-0.4, -0.2) is 57.8 Å². The van der Waals surface area contributed by atoms with Crippen molar-refractivity contribution in [2.24, 2.45) is 10.7 Å². The summed E-state index contributed by atoms with van der Waals surface area (Å²) in [4.78, 5) is 40.3. The highest BCUT2D eigenvalue weighted by molar-refractivity contribution is 5.99. The van der Waals surface area contributed by atoms with Crippen molar-refractivity contribution in [3.8, 4) is 0 Å². The summed E-state index contributed by atoms with van der Waals surface area (Å²) in [6, 6.07) is 9.48. The molecule has 0 aliphatic heterocycles. The van der Waals surface area contributed by atoms with Gasteiger partial charge >= 0.3 is 0 Å². The first-order chi connectivity index (χ1) is 14.0. The summed E-state index contributed by atoms with van der Waals surface area (Å²) >= 11 is 0. The highest BCUT2D eigenvalue weighted by atomic mass is 16.2. The number of aromatic amines is 2. The van der Waals surface area contributed by atoms with Crippen LogP contribution in [0.25, 0.3) is 10.9 Å². The van der Waals surface area contributed by atoms with Gasteiger partial charge in [-0.25, -0.2) is 4.98 Å². The second-order valence-electron chi connectivity index (χ2n) is 6.74. The van der Waals surface area contributed by atoms with Gasteiger partial charge < -0.3 is 20.6 Å². The molecule has 9 nitrogen and oxygen atoms in total. The molecule has 0 aliphatic rings. The van der Waals surface area contributed by atoms with Crippen molar-refractivity contribution in [2.45, 2.75) is 19.3 Å². The van der Waals surface area contributed by atoms with Crippen LogP contribution in [0, 0.1) is 0 Å². The molecule has 1 aromatic carbocycles. The topological polar surface area (TPSA) is 132 Å². The zero-order valence-corrected chi connectivity index (χ0v) is 16.3. The molecule has 2 amide bonds. The number of aryl methyl sites for hydroxylation is 1. The molecule has 0 radical (unpaired) electrons. The van der Waals surface area contributed by atoms with Crippen molar-refractivity contribution in [1.82, 2.24) is 25.2 Å². The van der Waals surface area contributed by atoms with Crippen LogP contribution in [0.3, 0.4) is 0 Å². The van der Waals surface area contributed by atoms with E-state index in [0.717, 1.165) is 29.4 Å². The number of aromatic nitrogens is 3. The molecule has 2 aromatic heterocycles. The minimum Gasteiger partial charge on any atom is -0.370 e. The lowest BCUT2D eigenvalue weighted by Crippen LogP contribution is -2.39. The Hall–Kier alpha value is -3.62. The molecular weight excluding hydrogens is 370 g/mol. The van der Waals surface area contributed by atoms with Crippen molar-refractivity contribution >= 4 is 28.7 Å². The first kappa shape index (κ1) is 20.1. The SMILES string of the molecule is CN(CCC(=O)NC(N)=NCCCc1cnc[nH]1)C(=O)c1cc2ccccc2[nH]1. The number of nitrogens with zero attached hydrogens (tertiary/aromatic N) is 3. The molecule has 152 valence electrons. The summed E-state index contributed by atoms with van der Waals surface area (Å²) in [5, 5.41) is 3.52. The maximum absolute atomic E-state index is 12.5. The number of hydrogen-bond acceptors (Lipinski definition) is 4. The quantitative estimate of drug-likeness (QED) is 0.261. The summed E-state index contributed by atoms with van der Waals surface area (Å²) in [6.07, 6.45) is 5.13.